The Bertz CT molecular complexity index is 807. The van der Waals surface area contributed by atoms with Gasteiger partial charge in [-0.3, -0.25) is 4.90 Å². The van der Waals surface area contributed by atoms with E-state index in [1.807, 2.05) is 12.1 Å². The number of nitrogens with two attached hydrogens (primary N) is 1. The molecule has 1 aromatic rings. The van der Waals surface area contributed by atoms with Crippen molar-refractivity contribution in [3.8, 4) is 11.5 Å². The average molecular weight is 341 g/mol. The largest absolute Gasteiger partial charge is 0.504 e. The molecule has 2 heterocycles. The summed E-state index contributed by atoms with van der Waals surface area (Å²) in [4.78, 5) is 2.33. The number of hydrogen-bond acceptors (Lipinski definition) is 6. The summed E-state index contributed by atoms with van der Waals surface area (Å²) in [5.74, 6) is 6.30. The summed E-state index contributed by atoms with van der Waals surface area (Å²) in [5, 5.41) is 26.4. The minimum absolute atomic E-state index is 0.00710. The van der Waals surface area contributed by atoms with Crippen LogP contribution in [0.3, 0.4) is 0 Å². The van der Waals surface area contributed by atoms with Gasteiger partial charge in [0.25, 0.3) is 0 Å². The van der Waals surface area contributed by atoms with Crippen LogP contribution in [-0.4, -0.2) is 51.7 Å². The van der Waals surface area contributed by atoms with Crippen LogP contribution < -0.4 is 10.6 Å². The van der Waals surface area contributed by atoms with Crippen LogP contribution in [0.25, 0.3) is 0 Å². The first-order valence-electron chi connectivity index (χ1n) is 8.93. The highest BCUT2D eigenvalue weighted by Gasteiger charge is 2.72. The van der Waals surface area contributed by atoms with Crippen molar-refractivity contribution in [3.05, 3.63) is 35.9 Å². The number of rotatable bonds is 2. The zero-order valence-electron chi connectivity index (χ0n) is 14.1. The molecule has 6 heteroatoms. The predicted octanol–water partition coefficient (Wildman–Crippen LogP) is 1.05. The summed E-state index contributed by atoms with van der Waals surface area (Å²) in [7, 11) is 0. The van der Waals surface area contributed by atoms with Gasteiger partial charge in [0.1, 0.15) is 0 Å². The number of nitrogens with zero attached hydrogens (tertiary/aromatic N) is 2. The molecule has 2 fully saturated rings. The molecule has 1 saturated carbocycles. The Balaban J connectivity index is 1.79. The Morgan fingerprint density at radius 1 is 1.44 bits per heavy atom. The molecule has 25 heavy (non-hydrogen) atoms. The van der Waals surface area contributed by atoms with Crippen molar-refractivity contribution < 1.29 is 14.9 Å². The summed E-state index contributed by atoms with van der Waals surface area (Å²) >= 11 is 0. The van der Waals surface area contributed by atoms with Crippen molar-refractivity contribution in [1.29, 1.82) is 0 Å². The van der Waals surface area contributed by atoms with Gasteiger partial charge in [0.15, 0.2) is 17.6 Å². The molecule has 132 valence electrons. The zero-order valence-corrected chi connectivity index (χ0v) is 14.1. The average Bonchev–Trinajstić information content (AvgIpc) is 2.95. The summed E-state index contributed by atoms with van der Waals surface area (Å²) < 4.78 is 6.21. The molecule has 4 unspecified atom stereocenters. The number of piperidine rings is 1. The van der Waals surface area contributed by atoms with Crippen LogP contribution in [0.15, 0.2) is 29.9 Å². The molecule has 2 bridgehead atoms. The van der Waals surface area contributed by atoms with Gasteiger partial charge in [0.2, 0.25) is 0 Å². The second-order valence-corrected chi connectivity index (χ2v) is 7.72. The number of aromatic hydroxyl groups is 1. The molecule has 0 aromatic heterocycles. The van der Waals surface area contributed by atoms with Gasteiger partial charge in [-0.2, -0.15) is 5.10 Å². The van der Waals surface area contributed by atoms with Crippen LogP contribution in [0.4, 0.5) is 0 Å². The number of aliphatic hydroxyl groups is 1. The molecule has 4 atom stereocenters. The molecule has 6 nitrogen and oxygen atoms in total. The van der Waals surface area contributed by atoms with Gasteiger partial charge in [-0.1, -0.05) is 12.1 Å². The molecule has 1 spiro atoms. The number of likely N-dealkylation sites (tertiary alicyclic amines) is 1. The van der Waals surface area contributed by atoms with E-state index in [1.54, 1.807) is 6.07 Å². The van der Waals surface area contributed by atoms with E-state index < -0.39 is 17.1 Å². The predicted molar refractivity (Wildman–Crippen MR) is 93.9 cm³/mol. The van der Waals surface area contributed by atoms with Crippen LogP contribution in [0.5, 0.6) is 11.5 Å². The Morgan fingerprint density at radius 3 is 3.04 bits per heavy atom. The van der Waals surface area contributed by atoms with Crippen molar-refractivity contribution in [2.24, 2.45) is 10.9 Å². The highest BCUT2D eigenvalue weighted by molar-refractivity contribution is 5.94. The van der Waals surface area contributed by atoms with Gasteiger partial charge in [-0.05, 0) is 37.3 Å². The van der Waals surface area contributed by atoms with E-state index in [4.69, 9.17) is 10.6 Å². The lowest BCUT2D eigenvalue weighted by Gasteiger charge is -2.62. The highest BCUT2D eigenvalue weighted by Crippen LogP contribution is 2.64. The van der Waals surface area contributed by atoms with Crippen molar-refractivity contribution in [3.63, 3.8) is 0 Å². The molecular formula is C19H23N3O3. The number of benzene rings is 1. The number of hydrazone groups is 1. The fourth-order valence-electron chi connectivity index (χ4n) is 5.95. The van der Waals surface area contributed by atoms with Crippen molar-refractivity contribution >= 4 is 5.71 Å². The summed E-state index contributed by atoms with van der Waals surface area (Å²) in [6, 6.07) is 3.67. The summed E-state index contributed by atoms with van der Waals surface area (Å²) in [5.41, 5.74) is 1.42. The highest BCUT2D eigenvalue weighted by atomic mass is 16.5. The third-order valence-electron chi connectivity index (χ3n) is 6.92. The third-order valence-corrected chi connectivity index (χ3v) is 6.92. The molecule has 1 saturated heterocycles. The van der Waals surface area contributed by atoms with Gasteiger partial charge >= 0.3 is 0 Å². The van der Waals surface area contributed by atoms with E-state index in [1.165, 1.54) is 0 Å². The smallest absolute Gasteiger partial charge is 0.166 e. The molecule has 0 radical (unpaired) electrons. The zero-order chi connectivity index (χ0) is 17.4. The fraction of sp³-hybridized carbons (Fsp3) is 0.526. The normalized spacial score (nSPS) is 39.8. The first kappa shape index (κ1) is 15.2. The van der Waals surface area contributed by atoms with E-state index in [9.17, 15) is 10.2 Å². The lowest BCUT2D eigenvalue weighted by molar-refractivity contribution is -0.163. The topological polar surface area (TPSA) is 91.3 Å². The standard InChI is InChI=1S/C19H23N3O3/c1-2-8-22-9-7-18-15-11-3-4-13(23)16(15)25-17(18)12(21-20)5-6-19(18,24)14(22)10-11/h2-4,14,17,23-24H,1,5-10,20H2/b21-12+. The van der Waals surface area contributed by atoms with E-state index in [2.05, 4.69) is 16.6 Å². The quantitative estimate of drug-likeness (QED) is 0.425. The van der Waals surface area contributed by atoms with Gasteiger partial charge < -0.3 is 20.8 Å². The Morgan fingerprint density at radius 2 is 2.28 bits per heavy atom. The second-order valence-electron chi connectivity index (χ2n) is 7.72. The number of hydrogen-bond donors (Lipinski definition) is 3. The minimum Gasteiger partial charge on any atom is -0.504 e. The van der Waals surface area contributed by atoms with Gasteiger partial charge in [-0.15, -0.1) is 6.58 Å². The Labute approximate surface area is 146 Å². The van der Waals surface area contributed by atoms with Crippen LogP contribution in [0, 0.1) is 0 Å². The van der Waals surface area contributed by atoms with Crippen LogP contribution in [-0.2, 0) is 11.8 Å². The summed E-state index contributed by atoms with van der Waals surface area (Å²) in [6.07, 6.45) is 4.22. The van der Waals surface area contributed by atoms with E-state index >= 15 is 0 Å². The molecule has 2 aliphatic carbocycles. The van der Waals surface area contributed by atoms with Crippen molar-refractivity contribution in [2.75, 3.05) is 13.1 Å². The van der Waals surface area contributed by atoms with Gasteiger partial charge in [0, 0.05) is 24.7 Å². The monoisotopic (exact) mass is 341 g/mol. The molecule has 5 rings (SSSR count). The maximum absolute atomic E-state index is 12.0. The minimum atomic E-state index is -0.918. The van der Waals surface area contributed by atoms with Gasteiger partial charge in [0.05, 0.1) is 16.7 Å². The van der Waals surface area contributed by atoms with Crippen LogP contribution in [0.1, 0.15) is 30.4 Å². The van der Waals surface area contributed by atoms with Crippen molar-refractivity contribution in [1.82, 2.24) is 4.90 Å². The number of phenols is 1. The molecular weight excluding hydrogens is 318 g/mol. The molecule has 4 N–H and O–H groups in total. The lowest BCUT2D eigenvalue weighted by atomic mass is 9.49. The SMILES string of the molecule is C=CCN1CCC23c4c5ccc(O)c4OC2/C(=N/N)CCC3(O)C1C5. The Kier molecular flexibility index (Phi) is 2.90. The maximum atomic E-state index is 12.0. The maximum Gasteiger partial charge on any atom is 0.166 e. The first-order chi connectivity index (χ1) is 12.1. The fourth-order valence-corrected chi connectivity index (χ4v) is 5.95. The second kappa shape index (κ2) is 4.77. The third kappa shape index (κ3) is 1.56. The van der Waals surface area contributed by atoms with Crippen LogP contribution >= 0.6 is 0 Å². The number of phenolic OH excluding ortho intramolecular Hbond substituents is 1. The van der Waals surface area contributed by atoms with Crippen LogP contribution in [0.2, 0.25) is 0 Å². The number of ether oxygens (including phenoxy) is 1. The van der Waals surface area contributed by atoms with E-state index in [0.29, 0.717) is 18.6 Å². The van der Waals surface area contributed by atoms with E-state index in [0.717, 1.165) is 42.8 Å². The summed E-state index contributed by atoms with van der Waals surface area (Å²) in [6.45, 7) is 5.48. The first-order valence-corrected chi connectivity index (χ1v) is 8.93. The lowest BCUT2D eigenvalue weighted by Crippen LogP contribution is -2.76. The Hall–Kier alpha value is -2.05. The van der Waals surface area contributed by atoms with Crippen molar-refractivity contribution in [2.45, 2.75) is 48.8 Å². The molecule has 1 aromatic carbocycles. The van der Waals surface area contributed by atoms with E-state index in [-0.39, 0.29) is 11.8 Å². The molecule has 0 amide bonds. The van der Waals surface area contributed by atoms with Gasteiger partial charge in [-0.25, -0.2) is 0 Å². The molecule has 2 aliphatic heterocycles. The molecule has 4 aliphatic rings.